The highest BCUT2D eigenvalue weighted by atomic mass is 35.5. The third-order valence-electron chi connectivity index (χ3n) is 3.60. The van der Waals surface area contributed by atoms with Gasteiger partial charge in [0.05, 0.1) is 12.1 Å². The zero-order valence-corrected chi connectivity index (χ0v) is 13.1. The van der Waals surface area contributed by atoms with Crippen molar-refractivity contribution in [3.8, 4) is 0 Å². The quantitative estimate of drug-likeness (QED) is 0.938. The first-order valence-electron chi connectivity index (χ1n) is 7.25. The fourth-order valence-electron chi connectivity index (χ4n) is 2.52. The molecule has 0 atom stereocenters. The Morgan fingerprint density at radius 1 is 1.41 bits per heavy atom. The largest absolute Gasteiger partial charge is 0.375 e. The number of likely N-dealkylation sites (tertiary alicyclic amines) is 1. The minimum Gasteiger partial charge on any atom is -0.375 e. The van der Waals surface area contributed by atoms with Crippen molar-refractivity contribution in [2.75, 3.05) is 18.4 Å². The molecule has 0 spiro atoms. The number of benzene rings is 1. The fraction of sp³-hybridized carbons (Fsp3) is 0.400. The lowest BCUT2D eigenvalue weighted by atomic mass is 10.1. The van der Waals surface area contributed by atoms with Crippen LogP contribution < -0.4 is 5.32 Å². The van der Waals surface area contributed by atoms with Crippen LogP contribution in [0.2, 0.25) is 5.02 Å². The summed E-state index contributed by atoms with van der Waals surface area (Å²) in [5, 5.41) is 7.47. The molecule has 22 heavy (non-hydrogen) atoms. The van der Waals surface area contributed by atoms with Crippen molar-refractivity contribution >= 4 is 23.2 Å². The topological polar surface area (TPSA) is 71.3 Å². The summed E-state index contributed by atoms with van der Waals surface area (Å²) in [7, 11) is 0. The van der Waals surface area contributed by atoms with E-state index in [-0.39, 0.29) is 5.91 Å². The van der Waals surface area contributed by atoms with Gasteiger partial charge in [-0.25, -0.2) is 0 Å². The molecule has 0 unspecified atom stereocenters. The predicted molar refractivity (Wildman–Crippen MR) is 83.0 cm³/mol. The lowest BCUT2D eigenvalue weighted by Gasteiger charge is -2.18. The molecule has 1 N–H and O–H groups in total. The van der Waals surface area contributed by atoms with Crippen LogP contribution in [-0.4, -0.2) is 34.0 Å². The molecule has 0 radical (unpaired) electrons. The van der Waals surface area contributed by atoms with Gasteiger partial charge in [-0.2, -0.15) is 4.98 Å². The number of nitrogens with one attached hydrogen (secondary N) is 1. The summed E-state index contributed by atoms with van der Waals surface area (Å²) in [6.45, 7) is 3.73. The standard InChI is InChI=1S/C15H17ClN4O2/c1-10-18-14(22-19-10)9-17-13-8-11(16)4-5-12(13)15(21)20-6-2-3-7-20/h4-5,8,17H,2-3,6-7,9H2,1H3. The molecular formula is C15H17ClN4O2. The van der Waals surface area contributed by atoms with E-state index in [0.29, 0.717) is 34.5 Å². The van der Waals surface area contributed by atoms with E-state index in [1.807, 2.05) is 4.90 Å². The number of hydrogen-bond acceptors (Lipinski definition) is 5. The Bertz CT molecular complexity index is 680. The number of aryl methyl sites for hydroxylation is 1. The van der Waals surface area contributed by atoms with Crippen LogP contribution in [0, 0.1) is 6.92 Å². The Kier molecular flexibility index (Phi) is 4.29. The van der Waals surface area contributed by atoms with Gasteiger partial charge < -0.3 is 14.7 Å². The van der Waals surface area contributed by atoms with E-state index in [1.165, 1.54) is 0 Å². The summed E-state index contributed by atoms with van der Waals surface area (Å²) in [4.78, 5) is 18.6. The van der Waals surface area contributed by atoms with Gasteiger partial charge in [-0.3, -0.25) is 4.79 Å². The molecule has 0 saturated carbocycles. The first-order chi connectivity index (χ1) is 10.6. The van der Waals surface area contributed by atoms with E-state index in [9.17, 15) is 4.79 Å². The van der Waals surface area contributed by atoms with Gasteiger partial charge in [0.15, 0.2) is 5.82 Å². The first-order valence-corrected chi connectivity index (χ1v) is 7.63. The summed E-state index contributed by atoms with van der Waals surface area (Å²) in [5.74, 6) is 1.08. The Balaban J connectivity index is 1.79. The molecule has 116 valence electrons. The highest BCUT2D eigenvalue weighted by Crippen LogP contribution is 2.24. The zero-order valence-electron chi connectivity index (χ0n) is 12.3. The van der Waals surface area contributed by atoms with Crippen molar-refractivity contribution in [1.29, 1.82) is 0 Å². The lowest BCUT2D eigenvalue weighted by molar-refractivity contribution is 0.0793. The maximum atomic E-state index is 12.6. The molecule has 1 fully saturated rings. The highest BCUT2D eigenvalue weighted by molar-refractivity contribution is 6.31. The van der Waals surface area contributed by atoms with E-state index < -0.39 is 0 Å². The maximum absolute atomic E-state index is 12.6. The van der Waals surface area contributed by atoms with Gasteiger partial charge in [-0.15, -0.1) is 0 Å². The summed E-state index contributed by atoms with van der Waals surface area (Å²) in [5.41, 5.74) is 1.29. The molecule has 2 heterocycles. The van der Waals surface area contributed by atoms with Crippen LogP contribution in [0.1, 0.15) is 34.9 Å². The van der Waals surface area contributed by atoms with Gasteiger partial charge in [0.25, 0.3) is 5.91 Å². The third kappa shape index (κ3) is 3.22. The highest BCUT2D eigenvalue weighted by Gasteiger charge is 2.22. The predicted octanol–water partition coefficient (Wildman–Crippen LogP) is 2.88. The van der Waals surface area contributed by atoms with Gasteiger partial charge in [0.2, 0.25) is 5.89 Å². The summed E-state index contributed by atoms with van der Waals surface area (Å²) in [6.07, 6.45) is 2.12. The zero-order chi connectivity index (χ0) is 15.5. The number of amides is 1. The SMILES string of the molecule is Cc1noc(CNc2cc(Cl)ccc2C(=O)N2CCCC2)n1. The molecule has 1 amide bonds. The Morgan fingerprint density at radius 2 is 2.18 bits per heavy atom. The number of hydrogen-bond donors (Lipinski definition) is 1. The average Bonchev–Trinajstić information content (AvgIpc) is 3.16. The lowest BCUT2D eigenvalue weighted by Crippen LogP contribution is -2.28. The minimum absolute atomic E-state index is 0.0263. The normalized spacial score (nSPS) is 14.4. The van der Waals surface area contributed by atoms with Crippen molar-refractivity contribution < 1.29 is 9.32 Å². The monoisotopic (exact) mass is 320 g/mol. The second kappa shape index (κ2) is 6.36. The Morgan fingerprint density at radius 3 is 2.86 bits per heavy atom. The fourth-order valence-corrected chi connectivity index (χ4v) is 2.69. The average molecular weight is 321 g/mol. The van der Waals surface area contributed by atoms with Gasteiger partial charge in [-0.05, 0) is 38.0 Å². The number of rotatable bonds is 4. The molecule has 6 nitrogen and oxygen atoms in total. The maximum Gasteiger partial charge on any atom is 0.255 e. The second-order valence-corrected chi connectivity index (χ2v) is 5.71. The van der Waals surface area contributed by atoms with Crippen LogP contribution in [0.15, 0.2) is 22.7 Å². The number of carbonyl (C=O) groups excluding carboxylic acids is 1. The number of halogens is 1. The number of carbonyl (C=O) groups is 1. The number of anilines is 1. The minimum atomic E-state index is 0.0263. The number of aromatic nitrogens is 2. The molecular weight excluding hydrogens is 304 g/mol. The van der Waals surface area contributed by atoms with Gasteiger partial charge in [-0.1, -0.05) is 16.8 Å². The molecule has 1 aliphatic heterocycles. The van der Waals surface area contributed by atoms with Gasteiger partial charge in [0.1, 0.15) is 0 Å². The molecule has 1 aliphatic rings. The van der Waals surface area contributed by atoms with Crippen molar-refractivity contribution in [2.45, 2.75) is 26.3 Å². The van der Waals surface area contributed by atoms with Crippen LogP contribution in [0.5, 0.6) is 0 Å². The molecule has 1 saturated heterocycles. The molecule has 0 bridgehead atoms. The molecule has 3 rings (SSSR count). The summed E-state index contributed by atoms with van der Waals surface area (Å²) < 4.78 is 5.06. The molecule has 2 aromatic rings. The Labute approximate surface area is 133 Å². The van der Waals surface area contributed by atoms with Gasteiger partial charge >= 0.3 is 0 Å². The molecule has 1 aromatic heterocycles. The molecule has 1 aromatic carbocycles. The molecule has 7 heteroatoms. The Hall–Kier alpha value is -2.08. The number of nitrogens with zero attached hydrogens (tertiary/aromatic N) is 3. The second-order valence-electron chi connectivity index (χ2n) is 5.28. The van der Waals surface area contributed by atoms with E-state index in [4.69, 9.17) is 16.1 Å². The van der Waals surface area contributed by atoms with Crippen molar-refractivity contribution in [3.05, 3.63) is 40.5 Å². The van der Waals surface area contributed by atoms with Crippen LogP contribution in [0.4, 0.5) is 5.69 Å². The molecule has 0 aliphatic carbocycles. The summed E-state index contributed by atoms with van der Waals surface area (Å²) in [6, 6.07) is 5.23. The van der Waals surface area contributed by atoms with E-state index in [1.54, 1.807) is 25.1 Å². The third-order valence-corrected chi connectivity index (χ3v) is 3.84. The first kappa shape index (κ1) is 14.8. The van der Waals surface area contributed by atoms with Crippen molar-refractivity contribution in [1.82, 2.24) is 15.0 Å². The van der Waals surface area contributed by atoms with Crippen LogP contribution >= 0.6 is 11.6 Å². The smallest absolute Gasteiger partial charge is 0.255 e. The van der Waals surface area contributed by atoms with Crippen LogP contribution in [0.25, 0.3) is 0 Å². The van der Waals surface area contributed by atoms with Crippen LogP contribution in [-0.2, 0) is 6.54 Å². The van der Waals surface area contributed by atoms with E-state index in [2.05, 4.69) is 15.5 Å². The van der Waals surface area contributed by atoms with E-state index >= 15 is 0 Å². The van der Waals surface area contributed by atoms with Gasteiger partial charge in [0, 0.05) is 23.8 Å². The summed E-state index contributed by atoms with van der Waals surface area (Å²) >= 11 is 6.05. The van der Waals surface area contributed by atoms with E-state index in [0.717, 1.165) is 25.9 Å². The van der Waals surface area contributed by atoms with Crippen LogP contribution in [0.3, 0.4) is 0 Å². The van der Waals surface area contributed by atoms with Crippen molar-refractivity contribution in [2.24, 2.45) is 0 Å². The van der Waals surface area contributed by atoms with Crippen molar-refractivity contribution in [3.63, 3.8) is 0 Å².